The number of carboxylic acids is 2. The largest absolute Gasteiger partial charge is 0.481 e. The monoisotopic (exact) mass is 334 g/mol. The smallest absolute Gasteiger partial charge is 0.326 e. The lowest BCUT2D eigenvalue weighted by Gasteiger charge is -2.14. The predicted octanol–water partition coefficient (Wildman–Crippen LogP) is 1.83. The summed E-state index contributed by atoms with van der Waals surface area (Å²) in [6, 6.07) is 1.47. The number of carbonyl (C=O) groups is 3. The number of carboxylic acid groups (broad SMARTS) is 2. The van der Waals surface area contributed by atoms with Gasteiger partial charge < -0.3 is 15.5 Å². The molecule has 1 aromatic rings. The third-order valence-corrected chi connectivity index (χ3v) is 3.04. The van der Waals surface area contributed by atoms with Crippen LogP contribution in [0.25, 0.3) is 0 Å². The number of pyridine rings is 1. The van der Waals surface area contributed by atoms with E-state index in [-0.39, 0.29) is 35.1 Å². The number of carbonyl (C=O) groups excluding carboxylic acids is 1. The summed E-state index contributed by atoms with van der Waals surface area (Å²) in [6.07, 6.45) is -0.0614. The van der Waals surface area contributed by atoms with E-state index in [1.807, 2.05) is 0 Å². The number of halogens is 2. The molecular weight excluding hydrogens is 323 g/mol. The number of aromatic nitrogens is 1. The van der Waals surface area contributed by atoms with Gasteiger partial charge in [-0.1, -0.05) is 23.2 Å². The zero-order valence-electron chi connectivity index (χ0n) is 10.7. The molecular formula is C12H12Cl2N2O5. The summed E-state index contributed by atoms with van der Waals surface area (Å²) in [5, 5.41) is 19.8. The van der Waals surface area contributed by atoms with Crippen molar-refractivity contribution in [3.63, 3.8) is 0 Å². The number of nitrogens with one attached hydrogen (secondary N) is 1. The average molecular weight is 335 g/mol. The third-order valence-electron chi connectivity index (χ3n) is 2.55. The van der Waals surface area contributed by atoms with Crippen molar-refractivity contribution in [2.45, 2.75) is 25.3 Å². The van der Waals surface area contributed by atoms with E-state index in [1.54, 1.807) is 0 Å². The Morgan fingerprint density at radius 3 is 2.43 bits per heavy atom. The average Bonchev–Trinajstić information content (AvgIpc) is 2.36. The van der Waals surface area contributed by atoms with Crippen molar-refractivity contribution in [1.82, 2.24) is 10.3 Å². The molecule has 0 saturated heterocycles. The molecule has 114 valence electrons. The van der Waals surface area contributed by atoms with Gasteiger partial charge in [0.15, 0.2) is 0 Å². The zero-order chi connectivity index (χ0) is 16.0. The van der Waals surface area contributed by atoms with Crippen molar-refractivity contribution in [1.29, 1.82) is 0 Å². The van der Waals surface area contributed by atoms with Gasteiger partial charge in [-0.2, -0.15) is 0 Å². The van der Waals surface area contributed by atoms with Crippen LogP contribution in [0.2, 0.25) is 10.3 Å². The zero-order valence-corrected chi connectivity index (χ0v) is 12.2. The lowest BCUT2D eigenvalue weighted by Crippen LogP contribution is -2.41. The summed E-state index contributed by atoms with van der Waals surface area (Å²) in [5.74, 6) is -3.01. The second-order valence-corrected chi connectivity index (χ2v) is 4.87. The maximum atomic E-state index is 11.9. The van der Waals surface area contributed by atoms with Gasteiger partial charge in [0, 0.05) is 6.42 Å². The molecule has 0 saturated carbocycles. The second kappa shape index (κ2) is 7.80. The maximum absolute atomic E-state index is 11.9. The van der Waals surface area contributed by atoms with Gasteiger partial charge in [-0.15, -0.1) is 0 Å². The number of amides is 1. The summed E-state index contributed by atoms with van der Waals surface area (Å²) in [5.41, 5.74) is -0.00875. The molecule has 0 spiro atoms. The normalized spacial score (nSPS) is 11.7. The fourth-order valence-corrected chi connectivity index (χ4v) is 1.96. The van der Waals surface area contributed by atoms with Crippen LogP contribution in [-0.4, -0.2) is 39.1 Å². The Labute approximate surface area is 129 Å². The van der Waals surface area contributed by atoms with Gasteiger partial charge in [0.2, 0.25) is 0 Å². The van der Waals surface area contributed by atoms with E-state index in [2.05, 4.69) is 10.3 Å². The first kappa shape index (κ1) is 17.2. The van der Waals surface area contributed by atoms with Crippen LogP contribution in [0.1, 0.15) is 29.6 Å². The van der Waals surface area contributed by atoms with Crippen molar-refractivity contribution < 1.29 is 24.6 Å². The molecule has 3 N–H and O–H groups in total. The highest BCUT2D eigenvalue weighted by Gasteiger charge is 2.22. The minimum atomic E-state index is -1.26. The standard InChI is InChI=1S/C12H12Cl2N2O5/c13-8-5-4-6(10(14)16-8)11(19)15-7(12(20)21)2-1-3-9(17)18/h4-5,7H,1-3H2,(H,15,19)(H,17,18)(H,20,21)/t7-/m1/s1. The van der Waals surface area contributed by atoms with Gasteiger partial charge in [0.1, 0.15) is 16.3 Å². The number of hydrogen-bond donors (Lipinski definition) is 3. The number of rotatable bonds is 7. The molecule has 7 nitrogen and oxygen atoms in total. The van der Waals surface area contributed by atoms with Gasteiger partial charge in [-0.3, -0.25) is 9.59 Å². The summed E-state index contributed by atoms with van der Waals surface area (Å²) < 4.78 is 0. The summed E-state index contributed by atoms with van der Waals surface area (Å²) in [4.78, 5) is 37.1. The van der Waals surface area contributed by atoms with Gasteiger partial charge in [0.05, 0.1) is 5.56 Å². The molecule has 0 fully saturated rings. The van der Waals surface area contributed by atoms with Crippen LogP contribution in [-0.2, 0) is 9.59 Å². The molecule has 0 aliphatic heterocycles. The molecule has 1 heterocycles. The first-order chi connectivity index (χ1) is 9.81. The van der Waals surface area contributed by atoms with Crippen molar-refractivity contribution in [2.24, 2.45) is 0 Å². The van der Waals surface area contributed by atoms with Gasteiger partial charge in [-0.05, 0) is 25.0 Å². The molecule has 0 radical (unpaired) electrons. The Morgan fingerprint density at radius 1 is 1.24 bits per heavy atom. The van der Waals surface area contributed by atoms with Gasteiger partial charge >= 0.3 is 11.9 Å². The predicted molar refractivity (Wildman–Crippen MR) is 74.6 cm³/mol. The van der Waals surface area contributed by atoms with Crippen LogP contribution < -0.4 is 5.32 Å². The molecule has 9 heteroatoms. The lowest BCUT2D eigenvalue weighted by molar-refractivity contribution is -0.140. The maximum Gasteiger partial charge on any atom is 0.326 e. The molecule has 0 bridgehead atoms. The Kier molecular flexibility index (Phi) is 6.39. The summed E-state index contributed by atoms with van der Waals surface area (Å²) in [7, 11) is 0. The van der Waals surface area contributed by atoms with Crippen LogP contribution >= 0.6 is 23.2 Å². The van der Waals surface area contributed by atoms with E-state index in [9.17, 15) is 14.4 Å². The van der Waals surface area contributed by atoms with E-state index < -0.39 is 23.9 Å². The first-order valence-corrected chi connectivity index (χ1v) is 6.64. The molecule has 0 aliphatic rings. The van der Waals surface area contributed by atoms with Crippen molar-refractivity contribution in [3.8, 4) is 0 Å². The molecule has 0 unspecified atom stereocenters. The molecule has 21 heavy (non-hydrogen) atoms. The van der Waals surface area contributed by atoms with E-state index in [0.29, 0.717) is 0 Å². The second-order valence-electron chi connectivity index (χ2n) is 4.12. The molecule has 0 aromatic carbocycles. The topological polar surface area (TPSA) is 117 Å². The highest BCUT2D eigenvalue weighted by molar-refractivity contribution is 6.34. The van der Waals surface area contributed by atoms with Gasteiger partial charge in [0.25, 0.3) is 5.91 Å². The van der Waals surface area contributed by atoms with Crippen molar-refractivity contribution in [3.05, 3.63) is 28.0 Å². The van der Waals surface area contributed by atoms with Crippen molar-refractivity contribution in [2.75, 3.05) is 0 Å². The lowest BCUT2D eigenvalue weighted by atomic mass is 10.1. The first-order valence-electron chi connectivity index (χ1n) is 5.88. The summed E-state index contributed by atoms with van der Waals surface area (Å²) >= 11 is 11.4. The molecule has 0 aliphatic carbocycles. The van der Waals surface area contributed by atoms with Crippen molar-refractivity contribution >= 4 is 41.0 Å². The summed E-state index contributed by atoms with van der Waals surface area (Å²) in [6.45, 7) is 0. The van der Waals surface area contributed by atoms with Crippen LogP contribution in [0.4, 0.5) is 0 Å². The van der Waals surface area contributed by atoms with Gasteiger partial charge in [-0.25, -0.2) is 9.78 Å². The minimum Gasteiger partial charge on any atom is -0.481 e. The Hall–Kier alpha value is -1.86. The van der Waals surface area contributed by atoms with Crippen LogP contribution in [0.15, 0.2) is 12.1 Å². The number of hydrogen-bond acceptors (Lipinski definition) is 4. The Morgan fingerprint density at radius 2 is 1.90 bits per heavy atom. The van der Waals surface area contributed by atoms with E-state index >= 15 is 0 Å². The fraction of sp³-hybridized carbons (Fsp3) is 0.333. The molecule has 1 atom stereocenters. The molecule has 1 amide bonds. The Balaban J connectivity index is 2.72. The fourth-order valence-electron chi connectivity index (χ4n) is 1.53. The van der Waals surface area contributed by atoms with E-state index in [4.69, 9.17) is 33.4 Å². The van der Waals surface area contributed by atoms with Crippen LogP contribution in [0, 0.1) is 0 Å². The number of aliphatic carboxylic acids is 2. The van der Waals surface area contributed by atoms with E-state index in [1.165, 1.54) is 12.1 Å². The SMILES string of the molecule is O=C(O)CCC[C@@H](NC(=O)c1ccc(Cl)nc1Cl)C(=O)O. The Bertz CT molecular complexity index is 565. The molecule has 1 aromatic heterocycles. The quantitative estimate of drug-likeness (QED) is 0.655. The third kappa shape index (κ3) is 5.57. The number of nitrogens with zero attached hydrogens (tertiary/aromatic N) is 1. The highest BCUT2D eigenvalue weighted by atomic mass is 35.5. The molecule has 1 rings (SSSR count). The van der Waals surface area contributed by atoms with Crippen LogP contribution in [0.3, 0.4) is 0 Å². The minimum absolute atomic E-state index is 0.00793. The highest BCUT2D eigenvalue weighted by Crippen LogP contribution is 2.17. The van der Waals surface area contributed by atoms with Crippen LogP contribution in [0.5, 0.6) is 0 Å². The van der Waals surface area contributed by atoms with E-state index in [0.717, 1.165) is 0 Å².